The zero-order valence-corrected chi connectivity index (χ0v) is 11.8. The van der Waals surface area contributed by atoms with E-state index < -0.39 is 5.82 Å². The topological polar surface area (TPSA) is 21.3 Å². The molecule has 3 rings (SSSR count). The van der Waals surface area contributed by atoms with Crippen molar-refractivity contribution < 1.29 is 9.13 Å². The summed E-state index contributed by atoms with van der Waals surface area (Å²) in [6.07, 6.45) is 0. The number of rotatable bonds is 2. The van der Waals surface area contributed by atoms with E-state index in [9.17, 15) is 4.39 Å². The molecule has 1 N–H and O–H groups in total. The predicted molar refractivity (Wildman–Crippen MR) is 78.9 cm³/mol. The van der Waals surface area contributed by atoms with Crippen molar-refractivity contribution in [3.05, 3.63) is 58.9 Å². The second kappa shape index (κ2) is 5.33. The Morgan fingerprint density at radius 1 is 1.20 bits per heavy atom. The molecule has 0 aliphatic carbocycles. The molecular weight excluding hydrogens is 277 g/mol. The largest absolute Gasteiger partial charge is 0.493 e. The van der Waals surface area contributed by atoms with E-state index in [1.807, 2.05) is 24.3 Å². The minimum atomic E-state index is -0.412. The van der Waals surface area contributed by atoms with Crippen LogP contribution in [-0.4, -0.2) is 6.61 Å². The molecule has 0 spiro atoms. The number of para-hydroxylation sites is 1. The molecule has 2 nitrogen and oxygen atoms in total. The number of nitrogens with one attached hydrogen (secondary N) is 1. The average molecular weight is 292 g/mol. The average Bonchev–Trinajstić information content (AvgIpc) is 2.46. The van der Waals surface area contributed by atoms with E-state index in [1.54, 1.807) is 18.2 Å². The minimum Gasteiger partial charge on any atom is -0.493 e. The van der Waals surface area contributed by atoms with E-state index in [1.165, 1.54) is 0 Å². The number of anilines is 1. The summed E-state index contributed by atoms with van der Waals surface area (Å²) in [4.78, 5) is 0. The Labute approximate surface area is 122 Å². The standard InChI is InChI=1S/C16H15ClFNO/c1-10-9-20-14-8-3-2-5-11(14)16(10)19-13-7-4-6-12(17)15(13)18/h2-8,10,16,19H,9H2,1H3. The number of fused-ring (bicyclic) bond motifs is 1. The zero-order chi connectivity index (χ0) is 14.1. The third-order valence-corrected chi connectivity index (χ3v) is 3.88. The molecule has 1 aliphatic rings. The first kappa shape index (κ1) is 13.3. The van der Waals surface area contributed by atoms with Crippen molar-refractivity contribution in [2.24, 2.45) is 5.92 Å². The fraction of sp³-hybridized carbons (Fsp3) is 0.250. The smallest absolute Gasteiger partial charge is 0.164 e. The van der Waals surface area contributed by atoms with Gasteiger partial charge in [-0.2, -0.15) is 0 Å². The number of benzene rings is 2. The van der Waals surface area contributed by atoms with E-state index in [4.69, 9.17) is 16.3 Å². The van der Waals surface area contributed by atoms with E-state index >= 15 is 0 Å². The first-order valence-electron chi connectivity index (χ1n) is 6.59. The molecule has 104 valence electrons. The second-order valence-corrected chi connectivity index (χ2v) is 5.46. The van der Waals surface area contributed by atoms with Gasteiger partial charge in [-0.3, -0.25) is 0 Å². The Kier molecular flexibility index (Phi) is 3.53. The van der Waals surface area contributed by atoms with Crippen LogP contribution in [0.2, 0.25) is 5.02 Å². The van der Waals surface area contributed by atoms with E-state index in [2.05, 4.69) is 12.2 Å². The molecule has 2 atom stereocenters. The van der Waals surface area contributed by atoms with Gasteiger partial charge in [0.25, 0.3) is 0 Å². The highest BCUT2D eigenvalue weighted by molar-refractivity contribution is 6.31. The number of halogens is 2. The van der Waals surface area contributed by atoms with Crippen molar-refractivity contribution in [3.8, 4) is 5.75 Å². The van der Waals surface area contributed by atoms with Crippen LogP contribution in [0.15, 0.2) is 42.5 Å². The van der Waals surface area contributed by atoms with Gasteiger partial charge in [0, 0.05) is 11.5 Å². The Morgan fingerprint density at radius 3 is 2.85 bits per heavy atom. The van der Waals surface area contributed by atoms with Gasteiger partial charge < -0.3 is 10.1 Å². The Hall–Kier alpha value is -1.74. The van der Waals surface area contributed by atoms with Crippen LogP contribution in [0.25, 0.3) is 0 Å². The first-order valence-corrected chi connectivity index (χ1v) is 6.97. The lowest BCUT2D eigenvalue weighted by atomic mass is 9.92. The third kappa shape index (κ3) is 2.34. The van der Waals surface area contributed by atoms with Crippen LogP contribution in [0.3, 0.4) is 0 Å². The van der Waals surface area contributed by atoms with Gasteiger partial charge in [0.05, 0.1) is 23.4 Å². The SMILES string of the molecule is CC1COc2ccccc2C1Nc1cccc(Cl)c1F. The second-order valence-electron chi connectivity index (χ2n) is 5.05. The van der Waals surface area contributed by atoms with Crippen LogP contribution < -0.4 is 10.1 Å². The Bertz CT molecular complexity index is 632. The molecule has 0 amide bonds. The minimum absolute atomic E-state index is 0.00733. The quantitative estimate of drug-likeness (QED) is 0.869. The highest BCUT2D eigenvalue weighted by Gasteiger charge is 2.28. The molecule has 2 aromatic rings. The summed E-state index contributed by atoms with van der Waals surface area (Å²) in [5.74, 6) is 0.680. The fourth-order valence-electron chi connectivity index (χ4n) is 2.50. The van der Waals surface area contributed by atoms with Gasteiger partial charge in [0.15, 0.2) is 5.82 Å². The van der Waals surface area contributed by atoms with Crippen molar-refractivity contribution in [3.63, 3.8) is 0 Å². The summed E-state index contributed by atoms with van der Waals surface area (Å²) >= 11 is 5.83. The lowest BCUT2D eigenvalue weighted by Gasteiger charge is -2.32. The van der Waals surface area contributed by atoms with E-state index in [0.29, 0.717) is 12.3 Å². The zero-order valence-electron chi connectivity index (χ0n) is 11.1. The molecular formula is C16H15ClFNO. The fourth-order valence-corrected chi connectivity index (χ4v) is 2.67. The van der Waals surface area contributed by atoms with E-state index in [0.717, 1.165) is 11.3 Å². The monoisotopic (exact) mass is 291 g/mol. The van der Waals surface area contributed by atoms with Gasteiger partial charge in [0.2, 0.25) is 0 Å². The van der Waals surface area contributed by atoms with Gasteiger partial charge in [-0.15, -0.1) is 0 Å². The number of hydrogen-bond donors (Lipinski definition) is 1. The summed E-state index contributed by atoms with van der Waals surface area (Å²) in [6, 6.07) is 12.8. The number of ether oxygens (including phenoxy) is 1. The predicted octanol–water partition coefficient (Wildman–Crippen LogP) is 4.66. The van der Waals surface area contributed by atoms with Crippen LogP contribution in [0.4, 0.5) is 10.1 Å². The van der Waals surface area contributed by atoms with Crippen LogP contribution in [0.5, 0.6) is 5.75 Å². The number of hydrogen-bond acceptors (Lipinski definition) is 2. The molecule has 4 heteroatoms. The third-order valence-electron chi connectivity index (χ3n) is 3.59. The lowest BCUT2D eigenvalue weighted by Crippen LogP contribution is -2.29. The molecule has 1 heterocycles. The molecule has 0 radical (unpaired) electrons. The maximum atomic E-state index is 14.0. The lowest BCUT2D eigenvalue weighted by molar-refractivity contribution is 0.214. The summed E-state index contributed by atoms with van der Waals surface area (Å²) < 4.78 is 19.7. The molecule has 20 heavy (non-hydrogen) atoms. The molecule has 0 saturated heterocycles. The normalized spacial score (nSPS) is 20.9. The highest BCUT2D eigenvalue weighted by Crippen LogP contribution is 2.38. The van der Waals surface area contributed by atoms with Crippen LogP contribution in [0, 0.1) is 11.7 Å². The van der Waals surface area contributed by atoms with Gasteiger partial charge >= 0.3 is 0 Å². The molecule has 0 saturated carbocycles. The maximum absolute atomic E-state index is 14.0. The van der Waals surface area contributed by atoms with Crippen molar-refractivity contribution in [1.29, 1.82) is 0 Å². The summed E-state index contributed by atoms with van der Waals surface area (Å²) in [5, 5.41) is 3.38. The van der Waals surface area contributed by atoms with E-state index in [-0.39, 0.29) is 17.0 Å². The molecule has 2 unspecified atom stereocenters. The summed E-state index contributed by atoms with van der Waals surface area (Å²) in [6.45, 7) is 2.69. The van der Waals surface area contributed by atoms with Crippen molar-refractivity contribution in [1.82, 2.24) is 0 Å². The van der Waals surface area contributed by atoms with Crippen LogP contribution in [0.1, 0.15) is 18.5 Å². The van der Waals surface area contributed by atoms with Gasteiger partial charge in [0.1, 0.15) is 5.75 Å². The maximum Gasteiger partial charge on any atom is 0.164 e. The summed E-state index contributed by atoms with van der Waals surface area (Å²) in [7, 11) is 0. The van der Waals surface area contributed by atoms with Crippen molar-refractivity contribution >= 4 is 17.3 Å². The van der Waals surface area contributed by atoms with Gasteiger partial charge in [-0.05, 0) is 18.2 Å². The molecule has 0 bridgehead atoms. The summed E-state index contributed by atoms with van der Waals surface area (Å²) in [5.41, 5.74) is 1.47. The Morgan fingerprint density at radius 2 is 2.00 bits per heavy atom. The molecule has 0 aromatic heterocycles. The van der Waals surface area contributed by atoms with Crippen molar-refractivity contribution in [2.45, 2.75) is 13.0 Å². The highest BCUT2D eigenvalue weighted by atomic mass is 35.5. The van der Waals surface area contributed by atoms with Gasteiger partial charge in [-0.25, -0.2) is 4.39 Å². The Balaban J connectivity index is 1.96. The van der Waals surface area contributed by atoms with Crippen LogP contribution in [-0.2, 0) is 0 Å². The molecule has 2 aromatic carbocycles. The van der Waals surface area contributed by atoms with Crippen molar-refractivity contribution in [2.75, 3.05) is 11.9 Å². The first-order chi connectivity index (χ1) is 9.66. The van der Waals surface area contributed by atoms with Crippen LogP contribution >= 0.6 is 11.6 Å². The molecule has 0 fully saturated rings. The van der Waals surface area contributed by atoms with Gasteiger partial charge in [-0.1, -0.05) is 42.8 Å². The molecule has 1 aliphatic heterocycles.